The van der Waals surface area contributed by atoms with Gasteiger partial charge in [0.15, 0.2) is 0 Å². The van der Waals surface area contributed by atoms with E-state index in [1.807, 2.05) is 0 Å². The van der Waals surface area contributed by atoms with Crippen LogP contribution in [0.4, 0.5) is 0 Å². The number of carbonyl (C=O) groups is 2. The summed E-state index contributed by atoms with van der Waals surface area (Å²) in [7, 11) is 0. The van der Waals surface area contributed by atoms with E-state index in [1.165, 1.54) is 6.07 Å². The van der Waals surface area contributed by atoms with E-state index in [2.05, 4.69) is 0 Å². The minimum atomic E-state index is -1.40. The Morgan fingerprint density at radius 1 is 1.07 bits per heavy atom. The molecule has 0 saturated heterocycles. The normalized spacial score (nSPS) is 9.86. The number of hydrogen-bond donors (Lipinski definition) is 2. The van der Waals surface area contributed by atoms with Crippen molar-refractivity contribution in [2.24, 2.45) is 0 Å². The molecule has 0 saturated carbocycles. The molecule has 0 spiro atoms. The molecule has 0 bridgehead atoms. The lowest BCUT2D eigenvalue weighted by Gasteiger charge is -2.04. The second-order valence-corrected chi connectivity index (χ2v) is 3.26. The largest absolute Gasteiger partial charge is 0.478 e. The van der Waals surface area contributed by atoms with Crippen LogP contribution in [0.15, 0.2) is 12.1 Å². The van der Waals surface area contributed by atoms with E-state index in [4.69, 9.17) is 33.4 Å². The van der Waals surface area contributed by atoms with Crippen molar-refractivity contribution in [2.75, 3.05) is 0 Å². The molecule has 2 N–H and O–H groups in total. The fourth-order valence-electron chi connectivity index (χ4n) is 0.960. The van der Waals surface area contributed by atoms with E-state index in [-0.39, 0.29) is 10.0 Å². The van der Waals surface area contributed by atoms with Crippen LogP contribution in [0.25, 0.3) is 0 Å². The van der Waals surface area contributed by atoms with Crippen molar-refractivity contribution in [2.45, 2.75) is 0 Å². The summed E-state index contributed by atoms with van der Waals surface area (Å²) in [5.74, 6) is -2.78. The van der Waals surface area contributed by atoms with Gasteiger partial charge in [-0.3, -0.25) is 0 Å². The van der Waals surface area contributed by atoms with Crippen LogP contribution in [-0.2, 0) is 0 Å². The SMILES string of the molecule is O=C(O)c1cc(Cl)cc(Cl)c1C(=O)O. The standard InChI is InChI=1S/C8H4Cl2O4/c9-3-1-4(7(11)12)6(8(13)14)5(10)2-3/h1-2H,(H,11,12)(H,13,14). The quantitative estimate of drug-likeness (QED) is 0.825. The van der Waals surface area contributed by atoms with Gasteiger partial charge in [0.05, 0.1) is 16.1 Å². The highest BCUT2D eigenvalue weighted by Gasteiger charge is 2.20. The maximum Gasteiger partial charge on any atom is 0.338 e. The fourth-order valence-corrected chi connectivity index (χ4v) is 1.53. The highest BCUT2D eigenvalue weighted by molar-refractivity contribution is 6.37. The molecule has 74 valence electrons. The molecule has 0 radical (unpaired) electrons. The van der Waals surface area contributed by atoms with E-state index < -0.39 is 23.1 Å². The zero-order valence-corrected chi connectivity index (χ0v) is 8.13. The van der Waals surface area contributed by atoms with E-state index >= 15 is 0 Å². The van der Waals surface area contributed by atoms with Gasteiger partial charge in [0.2, 0.25) is 0 Å². The summed E-state index contributed by atoms with van der Waals surface area (Å²) in [6.45, 7) is 0. The molecule has 0 heterocycles. The monoisotopic (exact) mass is 234 g/mol. The smallest absolute Gasteiger partial charge is 0.338 e. The van der Waals surface area contributed by atoms with Crippen LogP contribution in [0.3, 0.4) is 0 Å². The van der Waals surface area contributed by atoms with Crippen molar-refractivity contribution in [3.63, 3.8) is 0 Å². The van der Waals surface area contributed by atoms with Crippen molar-refractivity contribution in [1.82, 2.24) is 0 Å². The van der Waals surface area contributed by atoms with Crippen LogP contribution in [0, 0.1) is 0 Å². The minimum absolute atomic E-state index is 0.0809. The zero-order valence-electron chi connectivity index (χ0n) is 6.62. The zero-order chi connectivity index (χ0) is 10.9. The summed E-state index contributed by atoms with van der Waals surface area (Å²) in [5.41, 5.74) is -0.876. The molecule has 14 heavy (non-hydrogen) atoms. The number of carboxylic acid groups (broad SMARTS) is 2. The molecule has 0 aliphatic carbocycles. The third kappa shape index (κ3) is 1.97. The Labute approximate surface area is 88.7 Å². The van der Waals surface area contributed by atoms with Crippen molar-refractivity contribution in [3.8, 4) is 0 Å². The van der Waals surface area contributed by atoms with Crippen LogP contribution in [-0.4, -0.2) is 22.2 Å². The molecule has 4 nitrogen and oxygen atoms in total. The predicted octanol–water partition coefficient (Wildman–Crippen LogP) is 2.39. The Balaban J connectivity index is 3.52. The van der Waals surface area contributed by atoms with Gasteiger partial charge in [0, 0.05) is 5.02 Å². The molecule has 0 atom stereocenters. The van der Waals surface area contributed by atoms with Crippen LogP contribution in [0.2, 0.25) is 10.0 Å². The van der Waals surface area contributed by atoms with E-state index in [0.29, 0.717) is 0 Å². The molecular formula is C8H4Cl2O4. The van der Waals surface area contributed by atoms with Gasteiger partial charge in [-0.1, -0.05) is 23.2 Å². The molecule has 0 aromatic heterocycles. The molecular weight excluding hydrogens is 231 g/mol. The summed E-state index contributed by atoms with van der Waals surface area (Å²) in [5, 5.41) is 17.3. The number of hydrogen-bond acceptors (Lipinski definition) is 2. The maximum absolute atomic E-state index is 10.7. The topological polar surface area (TPSA) is 74.6 Å². The van der Waals surface area contributed by atoms with Gasteiger partial charge >= 0.3 is 11.9 Å². The third-order valence-electron chi connectivity index (χ3n) is 1.50. The number of halogens is 2. The van der Waals surface area contributed by atoms with E-state index in [1.54, 1.807) is 0 Å². The van der Waals surface area contributed by atoms with Crippen LogP contribution < -0.4 is 0 Å². The van der Waals surface area contributed by atoms with Crippen molar-refractivity contribution in [1.29, 1.82) is 0 Å². The molecule has 0 fully saturated rings. The lowest BCUT2D eigenvalue weighted by Crippen LogP contribution is -2.08. The van der Waals surface area contributed by atoms with Gasteiger partial charge in [-0.05, 0) is 12.1 Å². The second-order valence-electron chi connectivity index (χ2n) is 2.42. The van der Waals surface area contributed by atoms with Gasteiger partial charge in [-0.2, -0.15) is 0 Å². The first-order valence-electron chi connectivity index (χ1n) is 3.39. The summed E-state index contributed by atoms with van der Waals surface area (Å²) in [4.78, 5) is 21.3. The van der Waals surface area contributed by atoms with Crippen molar-refractivity contribution >= 4 is 35.1 Å². The summed E-state index contributed by atoms with van der Waals surface area (Å²) in [6.07, 6.45) is 0. The molecule has 1 aromatic carbocycles. The molecule has 0 unspecified atom stereocenters. The number of carboxylic acids is 2. The van der Waals surface area contributed by atoms with Gasteiger partial charge in [-0.25, -0.2) is 9.59 Å². The van der Waals surface area contributed by atoms with Crippen LogP contribution in [0.5, 0.6) is 0 Å². The maximum atomic E-state index is 10.7. The predicted molar refractivity (Wildman–Crippen MR) is 50.4 cm³/mol. The average Bonchev–Trinajstić information content (AvgIpc) is 2.01. The number of rotatable bonds is 2. The first-order chi connectivity index (χ1) is 6.43. The summed E-state index contributed by atoms with van der Waals surface area (Å²) < 4.78 is 0. The first kappa shape index (κ1) is 10.8. The van der Waals surface area contributed by atoms with Gasteiger partial charge in [0.1, 0.15) is 0 Å². The van der Waals surface area contributed by atoms with E-state index in [0.717, 1.165) is 6.07 Å². The third-order valence-corrected chi connectivity index (χ3v) is 2.02. The van der Waals surface area contributed by atoms with E-state index in [9.17, 15) is 9.59 Å². The summed E-state index contributed by atoms with van der Waals surface area (Å²) in [6, 6.07) is 2.22. The molecule has 6 heteroatoms. The minimum Gasteiger partial charge on any atom is -0.478 e. The Kier molecular flexibility index (Phi) is 2.98. The summed E-state index contributed by atoms with van der Waals surface area (Å²) >= 11 is 11.1. The lowest BCUT2D eigenvalue weighted by atomic mass is 10.1. The Morgan fingerprint density at radius 3 is 2.07 bits per heavy atom. The average molecular weight is 235 g/mol. The highest BCUT2D eigenvalue weighted by atomic mass is 35.5. The van der Waals surface area contributed by atoms with Crippen LogP contribution in [0.1, 0.15) is 20.7 Å². The Morgan fingerprint density at radius 2 is 1.64 bits per heavy atom. The fraction of sp³-hybridized carbons (Fsp3) is 0. The van der Waals surface area contributed by atoms with Gasteiger partial charge < -0.3 is 10.2 Å². The Hall–Kier alpha value is -1.26. The number of aromatic carboxylic acids is 2. The first-order valence-corrected chi connectivity index (χ1v) is 4.14. The van der Waals surface area contributed by atoms with Gasteiger partial charge in [0.25, 0.3) is 0 Å². The van der Waals surface area contributed by atoms with Gasteiger partial charge in [-0.15, -0.1) is 0 Å². The van der Waals surface area contributed by atoms with Crippen LogP contribution >= 0.6 is 23.2 Å². The molecule has 0 amide bonds. The highest BCUT2D eigenvalue weighted by Crippen LogP contribution is 2.25. The molecule has 1 aromatic rings. The number of benzene rings is 1. The molecule has 0 aliphatic rings. The lowest BCUT2D eigenvalue weighted by molar-refractivity contribution is 0.0651. The second kappa shape index (κ2) is 3.86. The molecule has 1 rings (SSSR count). The Bertz CT molecular complexity index is 414. The van der Waals surface area contributed by atoms with Crippen molar-refractivity contribution < 1.29 is 19.8 Å². The molecule has 0 aliphatic heterocycles. The van der Waals surface area contributed by atoms with Crippen molar-refractivity contribution in [3.05, 3.63) is 33.3 Å².